The minimum absolute atomic E-state index is 0.775. The van der Waals surface area contributed by atoms with E-state index in [4.69, 9.17) is 0 Å². The Hall–Kier alpha value is -2.09. The Balaban J connectivity index is 1.42. The van der Waals surface area contributed by atoms with Crippen LogP contribution in [0.2, 0.25) is 0 Å². The number of hydrogen-bond donors (Lipinski definition) is 0. The van der Waals surface area contributed by atoms with Crippen LogP contribution < -0.4 is 4.57 Å². The highest BCUT2D eigenvalue weighted by Crippen LogP contribution is 2.60. The highest BCUT2D eigenvalue weighted by atomic mass is 15.1. The first-order valence-corrected chi connectivity index (χ1v) is 13.7. The lowest BCUT2D eigenvalue weighted by atomic mass is 9.57. The maximum atomic E-state index is 2.61. The Morgan fingerprint density at radius 1 is 0.970 bits per heavy atom. The van der Waals surface area contributed by atoms with Crippen LogP contribution in [0.1, 0.15) is 94.2 Å². The first-order chi connectivity index (χ1) is 16.1. The highest BCUT2D eigenvalue weighted by molar-refractivity contribution is 5.77. The van der Waals surface area contributed by atoms with Gasteiger partial charge in [-0.05, 0) is 115 Å². The zero-order valence-corrected chi connectivity index (χ0v) is 21.1. The van der Waals surface area contributed by atoms with E-state index in [1.807, 2.05) is 0 Å². The summed E-state index contributed by atoms with van der Waals surface area (Å²) >= 11 is 0. The van der Waals surface area contributed by atoms with Crippen LogP contribution in [0.3, 0.4) is 0 Å². The summed E-state index contributed by atoms with van der Waals surface area (Å²) in [5.41, 5.74) is 8.95. The fraction of sp³-hybridized carbons (Fsp3) is 0.581. The lowest BCUT2D eigenvalue weighted by Gasteiger charge is -2.48. The summed E-state index contributed by atoms with van der Waals surface area (Å²) in [7, 11) is 2.23. The summed E-state index contributed by atoms with van der Waals surface area (Å²) in [5, 5.41) is 0. The van der Waals surface area contributed by atoms with Gasteiger partial charge in [0.25, 0.3) is 0 Å². The van der Waals surface area contributed by atoms with Gasteiger partial charge >= 0.3 is 0 Å². The van der Waals surface area contributed by atoms with Gasteiger partial charge in [-0.2, -0.15) is 4.57 Å². The number of unbranched alkanes of at least 4 members (excludes halogenated alkanes) is 1. The number of nitrogens with zero attached hydrogens (tertiary/aromatic N) is 2. The predicted molar refractivity (Wildman–Crippen MR) is 137 cm³/mol. The van der Waals surface area contributed by atoms with Crippen LogP contribution in [0.25, 0.3) is 16.7 Å². The molecule has 1 aromatic heterocycles. The summed E-state index contributed by atoms with van der Waals surface area (Å²) in [6, 6.07) is 14.4. The van der Waals surface area contributed by atoms with Gasteiger partial charge < -0.3 is 0 Å². The number of imidazole rings is 1. The Kier molecular flexibility index (Phi) is 5.39. The number of aryl methyl sites for hydroxylation is 2. The van der Waals surface area contributed by atoms with Crippen LogP contribution in [0.15, 0.2) is 42.7 Å². The Labute approximate surface area is 200 Å². The Morgan fingerprint density at radius 3 is 2.33 bits per heavy atom. The van der Waals surface area contributed by atoms with Crippen molar-refractivity contribution in [3.05, 3.63) is 59.4 Å². The van der Waals surface area contributed by atoms with E-state index in [2.05, 4.69) is 79.7 Å². The number of fused-ring (bicyclic) bond motifs is 1. The molecule has 1 heterocycles. The normalized spacial score (nSPS) is 28.8. The third kappa shape index (κ3) is 3.47. The average molecular weight is 442 g/mol. The van der Waals surface area contributed by atoms with E-state index in [1.165, 1.54) is 73.7 Å². The summed E-state index contributed by atoms with van der Waals surface area (Å²) < 4.78 is 4.80. The van der Waals surface area contributed by atoms with Crippen molar-refractivity contribution in [2.45, 2.75) is 84.0 Å². The van der Waals surface area contributed by atoms with Gasteiger partial charge in [-0.1, -0.05) is 45.7 Å². The summed E-state index contributed by atoms with van der Waals surface area (Å²) in [6.07, 6.45) is 13.1. The highest BCUT2D eigenvalue weighted by Gasteiger charge is 2.49. The monoisotopic (exact) mass is 441 g/mol. The van der Waals surface area contributed by atoms with E-state index >= 15 is 0 Å². The van der Waals surface area contributed by atoms with Crippen molar-refractivity contribution in [1.29, 1.82) is 0 Å². The van der Waals surface area contributed by atoms with Gasteiger partial charge in [0, 0.05) is 0 Å². The summed E-state index contributed by atoms with van der Waals surface area (Å²) in [5.74, 6) is 5.32. The molecule has 3 unspecified atom stereocenters. The fourth-order valence-electron chi connectivity index (χ4n) is 8.11. The smallest absolute Gasteiger partial charge is 0.232 e. The van der Waals surface area contributed by atoms with Crippen LogP contribution in [-0.2, 0) is 13.5 Å². The topological polar surface area (TPSA) is 8.81 Å². The maximum Gasteiger partial charge on any atom is 0.249 e. The van der Waals surface area contributed by atoms with Crippen molar-refractivity contribution in [2.24, 2.45) is 30.7 Å². The molecule has 2 saturated carbocycles. The van der Waals surface area contributed by atoms with Crippen LogP contribution in [-0.4, -0.2) is 4.57 Å². The molecule has 174 valence electrons. The van der Waals surface area contributed by atoms with Crippen LogP contribution in [0.4, 0.5) is 0 Å². The van der Waals surface area contributed by atoms with Crippen LogP contribution >= 0.6 is 0 Å². The molecule has 7 rings (SSSR count). The number of rotatable bonds is 6. The second kappa shape index (κ2) is 8.29. The zero-order chi connectivity index (χ0) is 22.7. The molecule has 0 spiro atoms. The quantitative estimate of drug-likeness (QED) is 0.351. The van der Waals surface area contributed by atoms with Crippen molar-refractivity contribution >= 4 is 11.0 Å². The van der Waals surface area contributed by atoms with Gasteiger partial charge in [-0.3, -0.25) is 0 Å². The molecule has 2 heteroatoms. The van der Waals surface area contributed by atoms with Crippen molar-refractivity contribution in [3.63, 3.8) is 0 Å². The third-order valence-corrected chi connectivity index (χ3v) is 9.73. The molecule has 2 fully saturated rings. The van der Waals surface area contributed by atoms with E-state index in [0.29, 0.717) is 0 Å². The minimum atomic E-state index is 0.775. The molecule has 3 aromatic rings. The van der Waals surface area contributed by atoms with Crippen molar-refractivity contribution in [3.8, 4) is 5.69 Å². The molecule has 0 radical (unpaired) electrons. The van der Waals surface area contributed by atoms with Crippen molar-refractivity contribution in [1.82, 2.24) is 4.57 Å². The van der Waals surface area contributed by atoms with Crippen LogP contribution in [0.5, 0.6) is 0 Å². The predicted octanol–water partition coefficient (Wildman–Crippen LogP) is 7.46. The maximum absolute atomic E-state index is 2.61. The van der Waals surface area contributed by atoms with E-state index in [1.54, 1.807) is 11.1 Å². The third-order valence-electron chi connectivity index (χ3n) is 9.73. The summed E-state index contributed by atoms with van der Waals surface area (Å²) in [4.78, 5) is 0. The number of benzene rings is 2. The Bertz CT molecular complexity index is 1160. The molecule has 2 aromatic carbocycles. The SMILES string of the molecule is CCCCc1cccc(-n2c[n+](C)c3cc4c(cc32)C2CC3CC4CC(C2)C3C(C)CC)c1. The number of aromatic nitrogens is 2. The van der Waals surface area contributed by atoms with Crippen molar-refractivity contribution in [2.75, 3.05) is 0 Å². The van der Waals surface area contributed by atoms with Crippen molar-refractivity contribution < 1.29 is 4.57 Å². The molecule has 0 saturated heterocycles. The molecule has 3 atom stereocenters. The standard InChI is InChI=1S/C31H41N2/c1-5-7-9-21-10-8-11-26(12-21)33-19-32(4)29-17-27-22-13-24-15-23(28(27)18-30(29)33)16-25(14-22)31(24)20(3)6-2/h8,10-12,17-20,22-25,31H,5-7,9,13-16H2,1-4H3/q+1. The van der Waals surface area contributed by atoms with E-state index < -0.39 is 0 Å². The fourth-order valence-corrected chi connectivity index (χ4v) is 8.11. The second-order valence-electron chi connectivity index (χ2n) is 11.7. The molecular weight excluding hydrogens is 400 g/mol. The molecule has 33 heavy (non-hydrogen) atoms. The molecule has 4 bridgehead atoms. The lowest BCUT2D eigenvalue weighted by molar-refractivity contribution is -0.645. The molecule has 4 aliphatic rings. The molecular formula is C31H41N2+. The lowest BCUT2D eigenvalue weighted by Crippen LogP contribution is -2.39. The first-order valence-electron chi connectivity index (χ1n) is 13.7. The Morgan fingerprint density at radius 2 is 1.67 bits per heavy atom. The molecule has 0 amide bonds. The molecule has 0 N–H and O–H groups in total. The second-order valence-corrected chi connectivity index (χ2v) is 11.7. The van der Waals surface area contributed by atoms with Gasteiger partial charge in [-0.25, -0.2) is 4.57 Å². The van der Waals surface area contributed by atoms with Gasteiger partial charge in [-0.15, -0.1) is 0 Å². The molecule has 4 aliphatic carbocycles. The van der Waals surface area contributed by atoms with E-state index in [0.717, 1.165) is 35.5 Å². The largest absolute Gasteiger partial charge is 0.249 e. The molecule has 2 nitrogen and oxygen atoms in total. The van der Waals surface area contributed by atoms with Gasteiger partial charge in [0.1, 0.15) is 5.69 Å². The zero-order valence-electron chi connectivity index (χ0n) is 21.1. The van der Waals surface area contributed by atoms with Gasteiger partial charge in [0.2, 0.25) is 6.33 Å². The first kappa shape index (κ1) is 21.4. The van der Waals surface area contributed by atoms with E-state index in [9.17, 15) is 0 Å². The average Bonchev–Trinajstić information content (AvgIpc) is 3.04. The summed E-state index contributed by atoms with van der Waals surface area (Å²) in [6.45, 7) is 7.21. The molecule has 0 aliphatic heterocycles. The van der Waals surface area contributed by atoms with Gasteiger partial charge in [0.05, 0.1) is 7.05 Å². The minimum Gasteiger partial charge on any atom is -0.232 e. The van der Waals surface area contributed by atoms with Crippen LogP contribution in [0, 0.1) is 23.7 Å². The van der Waals surface area contributed by atoms with E-state index in [-0.39, 0.29) is 0 Å². The number of hydrogen-bond acceptors (Lipinski definition) is 0. The van der Waals surface area contributed by atoms with Gasteiger partial charge in [0.15, 0.2) is 11.0 Å².